The molecule has 3 nitrogen and oxygen atoms in total. The molecule has 21 heavy (non-hydrogen) atoms. The molecule has 4 atom stereocenters. The number of benzene rings is 1. The topological polar surface area (TPSA) is 38.3 Å². The zero-order chi connectivity index (χ0) is 15.0. The highest BCUT2D eigenvalue weighted by atomic mass is 16.5. The van der Waals surface area contributed by atoms with Crippen LogP contribution in [0.1, 0.15) is 43.7 Å². The molecular weight excluding hydrogens is 262 g/mol. The lowest BCUT2D eigenvalue weighted by atomic mass is 9.95. The Morgan fingerprint density at radius 2 is 1.90 bits per heavy atom. The smallest absolute Gasteiger partial charge is 0.261 e. The Bertz CT molecular complexity index is 520. The maximum atomic E-state index is 12.3. The van der Waals surface area contributed by atoms with Crippen molar-refractivity contribution in [3.63, 3.8) is 0 Å². The van der Waals surface area contributed by atoms with Crippen LogP contribution in [0.3, 0.4) is 0 Å². The summed E-state index contributed by atoms with van der Waals surface area (Å²) < 4.78 is 5.82. The van der Waals surface area contributed by atoms with Gasteiger partial charge < -0.3 is 10.1 Å². The van der Waals surface area contributed by atoms with E-state index in [9.17, 15) is 4.79 Å². The van der Waals surface area contributed by atoms with Gasteiger partial charge in [-0.3, -0.25) is 4.79 Å². The SMILES string of the molecule is Cc1cc(C)cc(O[C@H](C)C(=O)N[C@H]2C[C@H]3CC[C@H]2C3)c1. The molecule has 114 valence electrons. The highest BCUT2D eigenvalue weighted by Crippen LogP contribution is 2.44. The van der Waals surface area contributed by atoms with Crippen molar-refractivity contribution in [3.8, 4) is 5.75 Å². The first-order chi connectivity index (χ1) is 10.0. The summed E-state index contributed by atoms with van der Waals surface area (Å²) in [6.07, 6.45) is 4.66. The second-order valence-corrected chi connectivity index (χ2v) is 6.87. The third-order valence-electron chi connectivity index (χ3n) is 4.94. The predicted molar refractivity (Wildman–Crippen MR) is 83.4 cm³/mol. The van der Waals surface area contributed by atoms with Gasteiger partial charge in [-0.25, -0.2) is 0 Å². The van der Waals surface area contributed by atoms with E-state index in [-0.39, 0.29) is 5.91 Å². The van der Waals surface area contributed by atoms with Crippen LogP contribution in [-0.4, -0.2) is 18.1 Å². The Morgan fingerprint density at radius 3 is 2.48 bits per heavy atom. The molecule has 0 spiro atoms. The lowest BCUT2D eigenvalue weighted by Gasteiger charge is -2.25. The van der Waals surface area contributed by atoms with Gasteiger partial charge in [-0.1, -0.05) is 12.5 Å². The van der Waals surface area contributed by atoms with Gasteiger partial charge in [-0.05, 0) is 75.1 Å². The summed E-state index contributed by atoms with van der Waals surface area (Å²) in [4.78, 5) is 12.3. The molecule has 2 saturated carbocycles. The maximum absolute atomic E-state index is 12.3. The van der Waals surface area contributed by atoms with Crippen LogP contribution < -0.4 is 10.1 Å². The molecule has 2 bridgehead atoms. The highest BCUT2D eigenvalue weighted by Gasteiger charge is 2.40. The van der Waals surface area contributed by atoms with E-state index in [1.165, 1.54) is 19.3 Å². The van der Waals surface area contributed by atoms with Gasteiger partial charge in [0, 0.05) is 6.04 Å². The minimum Gasteiger partial charge on any atom is -0.481 e. The largest absolute Gasteiger partial charge is 0.481 e. The summed E-state index contributed by atoms with van der Waals surface area (Å²) >= 11 is 0. The number of hydrogen-bond acceptors (Lipinski definition) is 2. The van der Waals surface area contributed by atoms with Crippen molar-refractivity contribution in [2.75, 3.05) is 0 Å². The zero-order valence-corrected chi connectivity index (χ0v) is 13.2. The standard InChI is InChI=1S/C18H25NO2/c1-11-6-12(2)8-16(7-11)21-13(3)18(20)19-17-10-14-4-5-15(17)9-14/h6-8,13-15,17H,4-5,9-10H2,1-3H3,(H,19,20)/t13-,14+,15+,17+/m1/s1. The number of carbonyl (C=O) groups excluding carboxylic acids is 1. The average molecular weight is 287 g/mol. The molecule has 2 aliphatic carbocycles. The average Bonchev–Trinajstić information content (AvgIpc) is 2.99. The minimum absolute atomic E-state index is 0.0201. The van der Waals surface area contributed by atoms with Gasteiger partial charge in [0.05, 0.1) is 0 Å². The molecular formula is C18H25NO2. The number of aryl methyl sites for hydroxylation is 2. The fourth-order valence-electron chi connectivity index (χ4n) is 3.98. The molecule has 1 aromatic rings. The second kappa shape index (κ2) is 5.70. The van der Waals surface area contributed by atoms with E-state index in [1.807, 2.05) is 32.9 Å². The van der Waals surface area contributed by atoms with E-state index in [0.717, 1.165) is 29.2 Å². The predicted octanol–water partition coefficient (Wildman–Crippen LogP) is 3.38. The van der Waals surface area contributed by atoms with Crippen LogP contribution in [0.4, 0.5) is 0 Å². The van der Waals surface area contributed by atoms with E-state index < -0.39 is 6.10 Å². The van der Waals surface area contributed by atoms with E-state index in [0.29, 0.717) is 12.0 Å². The molecule has 1 aromatic carbocycles. The van der Waals surface area contributed by atoms with Gasteiger partial charge in [0.25, 0.3) is 5.91 Å². The quantitative estimate of drug-likeness (QED) is 0.922. The van der Waals surface area contributed by atoms with Crippen LogP contribution in [0.25, 0.3) is 0 Å². The molecule has 3 rings (SSSR count). The van der Waals surface area contributed by atoms with Crippen LogP contribution in [0.2, 0.25) is 0 Å². The number of carbonyl (C=O) groups is 1. The van der Waals surface area contributed by atoms with Crippen molar-refractivity contribution in [2.45, 2.75) is 58.6 Å². The summed E-state index contributed by atoms with van der Waals surface area (Å²) in [5.74, 6) is 2.35. The van der Waals surface area contributed by atoms with Gasteiger partial charge in [0.1, 0.15) is 5.75 Å². The third-order valence-corrected chi connectivity index (χ3v) is 4.94. The fraction of sp³-hybridized carbons (Fsp3) is 0.611. The fourth-order valence-corrected chi connectivity index (χ4v) is 3.98. The molecule has 2 aliphatic rings. The zero-order valence-electron chi connectivity index (χ0n) is 13.2. The van der Waals surface area contributed by atoms with Crippen molar-refractivity contribution in [1.82, 2.24) is 5.32 Å². The monoisotopic (exact) mass is 287 g/mol. The van der Waals surface area contributed by atoms with Crippen LogP contribution in [0, 0.1) is 25.7 Å². The number of hydrogen-bond donors (Lipinski definition) is 1. The number of rotatable bonds is 4. The maximum Gasteiger partial charge on any atom is 0.261 e. The first kappa shape index (κ1) is 14.4. The van der Waals surface area contributed by atoms with Gasteiger partial charge in [0.2, 0.25) is 0 Å². The second-order valence-electron chi connectivity index (χ2n) is 6.87. The lowest BCUT2D eigenvalue weighted by Crippen LogP contribution is -2.44. The Morgan fingerprint density at radius 1 is 1.19 bits per heavy atom. The van der Waals surface area contributed by atoms with Gasteiger partial charge >= 0.3 is 0 Å². The molecule has 0 unspecified atom stereocenters. The van der Waals surface area contributed by atoms with Crippen molar-refractivity contribution >= 4 is 5.91 Å². The van der Waals surface area contributed by atoms with Gasteiger partial charge in [-0.15, -0.1) is 0 Å². The summed E-state index contributed by atoms with van der Waals surface area (Å²) in [5, 5.41) is 3.20. The first-order valence-electron chi connectivity index (χ1n) is 8.06. The minimum atomic E-state index is -0.440. The molecule has 0 aliphatic heterocycles. The summed E-state index contributed by atoms with van der Waals surface area (Å²) in [7, 11) is 0. The van der Waals surface area contributed by atoms with Gasteiger partial charge in [0.15, 0.2) is 6.10 Å². The van der Waals surface area contributed by atoms with Crippen molar-refractivity contribution in [3.05, 3.63) is 29.3 Å². The van der Waals surface area contributed by atoms with E-state index in [1.54, 1.807) is 0 Å². The van der Waals surface area contributed by atoms with Crippen molar-refractivity contribution in [1.29, 1.82) is 0 Å². The Hall–Kier alpha value is -1.51. The Labute approximate surface area is 127 Å². The highest BCUT2D eigenvalue weighted by molar-refractivity contribution is 5.81. The third kappa shape index (κ3) is 3.22. The summed E-state index contributed by atoms with van der Waals surface area (Å²) in [6.45, 7) is 5.92. The molecule has 0 radical (unpaired) electrons. The Balaban J connectivity index is 1.57. The van der Waals surface area contributed by atoms with Crippen molar-refractivity contribution < 1.29 is 9.53 Å². The number of fused-ring (bicyclic) bond motifs is 2. The summed E-state index contributed by atoms with van der Waals surface area (Å²) in [5.41, 5.74) is 2.32. The summed E-state index contributed by atoms with van der Waals surface area (Å²) in [6, 6.07) is 6.44. The molecule has 1 amide bonds. The normalized spacial score (nSPS) is 28.4. The van der Waals surface area contributed by atoms with Crippen LogP contribution in [0.15, 0.2) is 18.2 Å². The molecule has 1 N–H and O–H groups in total. The Kier molecular flexibility index (Phi) is 3.92. The van der Waals surface area contributed by atoms with E-state index >= 15 is 0 Å². The first-order valence-corrected chi connectivity index (χ1v) is 8.06. The van der Waals surface area contributed by atoms with Crippen LogP contribution in [0.5, 0.6) is 5.75 Å². The van der Waals surface area contributed by atoms with Gasteiger partial charge in [-0.2, -0.15) is 0 Å². The number of ether oxygens (including phenoxy) is 1. The molecule has 0 aromatic heterocycles. The van der Waals surface area contributed by atoms with Crippen LogP contribution >= 0.6 is 0 Å². The number of nitrogens with one attached hydrogen (secondary N) is 1. The molecule has 0 heterocycles. The van der Waals surface area contributed by atoms with E-state index in [2.05, 4.69) is 11.4 Å². The molecule has 0 saturated heterocycles. The van der Waals surface area contributed by atoms with Crippen molar-refractivity contribution in [2.24, 2.45) is 11.8 Å². The lowest BCUT2D eigenvalue weighted by molar-refractivity contribution is -0.128. The van der Waals surface area contributed by atoms with Crippen LogP contribution in [-0.2, 0) is 4.79 Å². The van der Waals surface area contributed by atoms with E-state index in [4.69, 9.17) is 4.74 Å². The molecule has 3 heteroatoms. The molecule has 2 fully saturated rings. The number of amides is 1.